The third kappa shape index (κ3) is 3.19. The molecule has 0 radical (unpaired) electrons. The number of aliphatic hydroxyl groups excluding tert-OH is 1. The summed E-state index contributed by atoms with van der Waals surface area (Å²) in [6, 6.07) is 0.494. The number of carboxylic acid groups (broad SMARTS) is 1. The van der Waals surface area contributed by atoms with Gasteiger partial charge in [0, 0.05) is 12.6 Å². The Labute approximate surface area is 71.6 Å². The van der Waals surface area contributed by atoms with Crippen molar-refractivity contribution in [2.24, 2.45) is 5.92 Å². The number of hydrogen-bond acceptors (Lipinski definition) is 3. The molecule has 12 heavy (non-hydrogen) atoms. The van der Waals surface area contributed by atoms with Crippen LogP contribution in [0.2, 0.25) is 0 Å². The molecule has 0 amide bonds. The van der Waals surface area contributed by atoms with Gasteiger partial charge in [-0.2, -0.15) is 0 Å². The average molecular weight is 173 g/mol. The van der Waals surface area contributed by atoms with Crippen molar-refractivity contribution < 1.29 is 15.0 Å². The third-order valence-corrected chi connectivity index (χ3v) is 2.14. The van der Waals surface area contributed by atoms with Gasteiger partial charge in [0.25, 0.3) is 0 Å². The highest BCUT2D eigenvalue weighted by Gasteiger charge is 2.32. The summed E-state index contributed by atoms with van der Waals surface area (Å²) in [7, 11) is 0. The second-order valence-corrected chi connectivity index (χ2v) is 3.48. The maximum Gasteiger partial charge on any atom is 0.306 e. The molecule has 3 N–H and O–H groups in total. The highest BCUT2D eigenvalue weighted by Crippen LogP contribution is 2.28. The summed E-state index contributed by atoms with van der Waals surface area (Å²) in [4.78, 5) is 10.1. The van der Waals surface area contributed by atoms with E-state index in [9.17, 15) is 4.79 Å². The normalized spacial score (nSPS) is 29.8. The van der Waals surface area contributed by atoms with Gasteiger partial charge in [0.15, 0.2) is 0 Å². The fourth-order valence-corrected chi connectivity index (χ4v) is 1.17. The van der Waals surface area contributed by atoms with Crippen LogP contribution in [-0.4, -0.2) is 34.9 Å². The highest BCUT2D eigenvalue weighted by molar-refractivity contribution is 5.67. The molecular weight excluding hydrogens is 158 g/mol. The lowest BCUT2D eigenvalue weighted by atomic mass is 10.2. The Kier molecular flexibility index (Phi) is 3.05. The lowest BCUT2D eigenvalue weighted by Gasteiger charge is -2.08. The minimum absolute atomic E-state index is 0.173. The van der Waals surface area contributed by atoms with Crippen LogP contribution in [0.3, 0.4) is 0 Å². The first-order chi connectivity index (χ1) is 5.59. The number of carboxylic acids is 1. The van der Waals surface area contributed by atoms with E-state index in [4.69, 9.17) is 10.2 Å². The molecule has 0 heterocycles. The first kappa shape index (κ1) is 9.48. The van der Waals surface area contributed by atoms with Crippen LogP contribution in [0, 0.1) is 5.92 Å². The number of nitrogens with one attached hydrogen (secondary N) is 1. The zero-order valence-corrected chi connectivity index (χ0v) is 7.16. The smallest absolute Gasteiger partial charge is 0.306 e. The fraction of sp³-hybridized carbons (Fsp3) is 0.875. The van der Waals surface area contributed by atoms with E-state index in [-0.39, 0.29) is 6.42 Å². The zero-order chi connectivity index (χ0) is 9.14. The zero-order valence-electron chi connectivity index (χ0n) is 7.16. The van der Waals surface area contributed by atoms with Gasteiger partial charge in [-0.05, 0) is 12.3 Å². The Balaban J connectivity index is 2.02. The number of hydrogen-bond donors (Lipinski definition) is 3. The van der Waals surface area contributed by atoms with Gasteiger partial charge in [-0.1, -0.05) is 6.92 Å². The van der Waals surface area contributed by atoms with Crippen LogP contribution >= 0.6 is 0 Å². The summed E-state index contributed by atoms with van der Waals surface area (Å²) in [6.07, 6.45) is 0.212. The van der Waals surface area contributed by atoms with Crippen LogP contribution in [0.4, 0.5) is 0 Å². The van der Waals surface area contributed by atoms with Crippen LogP contribution in [-0.2, 0) is 4.79 Å². The van der Waals surface area contributed by atoms with Gasteiger partial charge in [-0.3, -0.25) is 4.79 Å². The van der Waals surface area contributed by atoms with Gasteiger partial charge in [0.1, 0.15) is 0 Å². The summed E-state index contributed by atoms with van der Waals surface area (Å²) in [6.45, 7) is 2.52. The van der Waals surface area contributed by atoms with E-state index in [1.807, 2.05) is 0 Å². The Morgan fingerprint density at radius 1 is 1.75 bits per heavy atom. The van der Waals surface area contributed by atoms with E-state index in [1.54, 1.807) is 0 Å². The predicted molar refractivity (Wildman–Crippen MR) is 43.8 cm³/mol. The molecule has 1 fully saturated rings. The van der Waals surface area contributed by atoms with Crippen LogP contribution < -0.4 is 5.32 Å². The second-order valence-electron chi connectivity index (χ2n) is 3.48. The molecular formula is C8H15NO3. The van der Waals surface area contributed by atoms with E-state index in [2.05, 4.69) is 12.2 Å². The SMILES string of the molecule is CC1CC1NCC(O)CC(=O)O. The molecule has 0 aromatic heterocycles. The fourth-order valence-electron chi connectivity index (χ4n) is 1.17. The lowest BCUT2D eigenvalue weighted by Crippen LogP contribution is -2.30. The van der Waals surface area contributed by atoms with E-state index in [0.717, 1.165) is 6.42 Å². The molecule has 0 aliphatic heterocycles. The number of aliphatic carboxylic acids is 1. The van der Waals surface area contributed by atoms with Crippen molar-refractivity contribution in [2.75, 3.05) is 6.54 Å². The lowest BCUT2D eigenvalue weighted by molar-refractivity contribution is -0.139. The predicted octanol–water partition coefficient (Wildman–Crippen LogP) is -0.180. The number of aliphatic hydroxyl groups is 1. The molecule has 4 heteroatoms. The molecule has 1 rings (SSSR count). The van der Waals surface area contributed by atoms with Gasteiger partial charge in [-0.15, -0.1) is 0 Å². The molecule has 3 unspecified atom stereocenters. The summed E-state index contributed by atoms with van der Waals surface area (Å²) in [5.74, 6) is -0.268. The Bertz CT molecular complexity index is 172. The van der Waals surface area contributed by atoms with Gasteiger partial charge < -0.3 is 15.5 Å². The van der Waals surface area contributed by atoms with E-state index in [0.29, 0.717) is 18.5 Å². The minimum Gasteiger partial charge on any atom is -0.481 e. The van der Waals surface area contributed by atoms with Crippen molar-refractivity contribution in [1.29, 1.82) is 0 Å². The Morgan fingerprint density at radius 2 is 2.33 bits per heavy atom. The second kappa shape index (κ2) is 3.87. The van der Waals surface area contributed by atoms with Crippen molar-refractivity contribution >= 4 is 5.97 Å². The van der Waals surface area contributed by atoms with Crippen molar-refractivity contribution in [2.45, 2.75) is 31.9 Å². The van der Waals surface area contributed by atoms with Crippen LogP contribution in [0.15, 0.2) is 0 Å². The van der Waals surface area contributed by atoms with Crippen LogP contribution in [0.25, 0.3) is 0 Å². The van der Waals surface area contributed by atoms with Crippen LogP contribution in [0.1, 0.15) is 19.8 Å². The number of rotatable bonds is 5. The first-order valence-electron chi connectivity index (χ1n) is 4.23. The minimum atomic E-state index is -0.951. The molecule has 1 aliphatic carbocycles. The molecule has 1 aliphatic rings. The van der Waals surface area contributed by atoms with E-state index < -0.39 is 12.1 Å². The quantitative estimate of drug-likeness (QED) is 0.539. The molecule has 0 aromatic rings. The molecule has 0 saturated heterocycles. The molecule has 0 bridgehead atoms. The molecule has 4 nitrogen and oxygen atoms in total. The van der Waals surface area contributed by atoms with Crippen molar-refractivity contribution in [1.82, 2.24) is 5.32 Å². The monoisotopic (exact) mass is 173 g/mol. The third-order valence-electron chi connectivity index (χ3n) is 2.14. The molecule has 1 saturated carbocycles. The standard InChI is InChI=1S/C8H15NO3/c1-5-2-7(5)9-4-6(10)3-8(11)12/h5-7,9-10H,2-4H2,1H3,(H,11,12). The van der Waals surface area contributed by atoms with Crippen molar-refractivity contribution in [3.05, 3.63) is 0 Å². The van der Waals surface area contributed by atoms with Crippen LogP contribution in [0.5, 0.6) is 0 Å². The topological polar surface area (TPSA) is 69.6 Å². The Morgan fingerprint density at radius 3 is 2.75 bits per heavy atom. The van der Waals surface area contributed by atoms with Gasteiger partial charge in [-0.25, -0.2) is 0 Å². The maximum absolute atomic E-state index is 10.1. The average Bonchev–Trinajstić information content (AvgIpc) is 2.61. The summed E-state index contributed by atoms with van der Waals surface area (Å²) >= 11 is 0. The van der Waals surface area contributed by atoms with Gasteiger partial charge in [0.05, 0.1) is 12.5 Å². The molecule has 0 spiro atoms. The summed E-state index contributed by atoms with van der Waals surface area (Å²) < 4.78 is 0. The molecule has 70 valence electrons. The highest BCUT2D eigenvalue weighted by atomic mass is 16.4. The summed E-state index contributed by atoms with van der Waals surface area (Å²) in [5.41, 5.74) is 0. The first-order valence-corrected chi connectivity index (χ1v) is 4.23. The van der Waals surface area contributed by atoms with Gasteiger partial charge >= 0.3 is 5.97 Å². The van der Waals surface area contributed by atoms with Crippen molar-refractivity contribution in [3.63, 3.8) is 0 Å². The van der Waals surface area contributed by atoms with E-state index in [1.165, 1.54) is 0 Å². The van der Waals surface area contributed by atoms with Crippen molar-refractivity contribution in [3.8, 4) is 0 Å². The Hall–Kier alpha value is -0.610. The molecule has 3 atom stereocenters. The number of carbonyl (C=O) groups is 1. The summed E-state index contributed by atoms with van der Waals surface area (Å²) in [5, 5.41) is 20.6. The van der Waals surface area contributed by atoms with E-state index >= 15 is 0 Å². The maximum atomic E-state index is 10.1. The molecule has 0 aromatic carbocycles. The largest absolute Gasteiger partial charge is 0.481 e. The van der Waals surface area contributed by atoms with Gasteiger partial charge in [0.2, 0.25) is 0 Å².